The zero-order chi connectivity index (χ0) is 17.4. The highest BCUT2D eigenvalue weighted by Crippen LogP contribution is 2.31. The lowest BCUT2D eigenvalue weighted by Crippen LogP contribution is -2.37. The first-order chi connectivity index (χ1) is 11.1. The summed E-state index contributed by atoms with van der Waals surface area (Å²) in [6, 6.07) is 0. The van der Waals surface area contributed by atoms with Crippen molar-refractivity contribution < 1.29 is 4.43 Å². The molecule has 0 aromatic carbocycles. The number of hydrogen-bond donors (Lipinski definition) is 0. The van der Waals surface area contributed by atoms with Gasteiger partial charge in [0.15, 0.2) is 0 Å². The van der Waals surface area contributed by atoms with Gasteiger partial charge in [-0.3, -0.25) is 0 Å². The summed E-state index contributed by atoms with van der Waals surface area (Å²) in [5, 5.41) is 0. The third-order valence-corrected chi connectivity index (χ3v) is 6.08. The minimum atomic E-state index is 0.109. The van der Waals surface area contributed by atoms with Gasteiger partial charge in [-0.15, -0.1) is 0 Å². The van der Waals surface area contributed by atoms with E-state index in [1.807, 2.05) is 0 Å². The topological polar surface area (TPSA) is 9.23 Å². The molecule has 0 fully saturated rings. The SMILES string of the molecule is CCCCCCCCCCC=CCC(CCCC)(O[SiH3])C(C)C. The first kappa shape index (κ1) is 22.9. The normalized spacial score (nSPS) is 14.8. The van der Waals surface area contributed by atoms with Crippen molar-refractivity contribution in [2.75, 3.05) is 0 Å². The lowest BCUT2D eigenvalue weighted by molar-refractivity contribution is 0.0223. The maximum atomic E-state index is 6.08. The molecule has 0 aliphatic rings. The fraction of sp³-hybridized carbons (Fsp3) is 0.905. The highest BCUT2D eigenvalue weighted by atomic mass is 28.2. The van der Waals surface area contributed by atoms with Crippen molar-refractivity contribution in [3.63, 3.8) is 0 Å². The zero-order valence-corrected chi connectivity index (χ0v) is 18.8. The summed E-state index contributed by atoms with van der Waals surface area (Å²) in [6.07, 6.45) is 22.2. The van der Waals surface area contributed by atoms with Crippen LogP contribution < -0.4 is 0 Å². The van der Waals surface area contributed by atoms with E-state index in [9.17, 15) is 0 Å². The van der Waals surface area contributed by atoms with Gasteiger partial charge < -0.3 is 4.43 Å². The fourth-order valence-electron chi connectivity index (χ4n) is 3.32. The molecule has 2 heteroatoms. The summed E-state index contributed by atoms with van der Waals surface area (Å²) in [7, 11) is 0.848. The first-order valence-electron chi connectivity index (χ1n) is 10.3. The van der Waals surface area contributed by atoms with Crippen LogP contribution in [0.2, 0.25) is 0 Å². The van der Waals surface area contributed by atoms with E-state index in [1.165, 1.54) is 77.0 Å². The van der Waals surface area contributed by atoms with Crippen LogP contribution in [0.4, 0.5) is 0 Å². The maximum absolute atomic E-state index is 6.08. The lowest BCUT2D eigenvalue weighted by Gasteiger charge is -2.36. The summed E-state index contributed by atoms with van der Waals surface area (Å²) in [6.45, 7) is 9.20. The van der Waals surface area contributed by atoms with Crippen LogP contribution in [0, 0.1) is 5.92 Å². The van der Waals surface area contributed by atoms with Crippen LogP contribution in [-0.2, 0) is 4.43 Å². The molecule has 0 saturated heterocycles. The molecule has 23 heavy (non-hydrogen) atoms. The molecule has 0 aromatic rings. The van der Waals surface area contributed by atoms with Gasteiger partial charge in [0.1, 0.15) is 10.5 Å². The van der Waals surface area contributed by atoms with Gasteiger partial charge in [0, 0.05) is 0 Å². The Hall–Kier alpha value is -0.0831. The Balaban J connectivity index is 3.83. The molecular formula is C21H44OSi. The van der Waals surface area contributed by atoms with Crippen molar-refractivity contribution in [3.8, 4) is 0 Å². The molecule has 1 atom stereocenters. The largest absolute Gasteiger partial charge is 0.422 e. The molecule has 0 radical (unpaired) electrons. The van der Waals surface area contributed by atoms with Crippen LogP contribution >= 0.6 is 0 Å². The molecule has 0 aromatic heterocycles. The second-order valence-corrected chi connectivity index (χ2v) is 7.87. The third-order valence-electron chi connectivity index (χ3n) is 5.27. The summed E-state index contributed by atoms with van der Waals surface area (Å²) in [5.41, 5.74) is 0.109. The van der Waals surface area contributed by atoms with Gasteiger partial charge >= 0.3 is 0 Å². The second kappa shape index (κ2) is 15.4. The van der Waals surface area contributed by atoms with Crippen LogP contribution in [0.25, 0.3) is 0 Å². The van der Waals surface area contributed by atoms with E-state index in [-0.39, 0.29) is 5.60 Å². The molecule has 1 nitrogen and oxygen atoms in total. The number of allylic oxidation sites excluding steroid dienone is 1. The highest BCUT2D eigenvalue weighted by molar-refractivity contribution is 5.98. The molecule has 0 rings (SSSR count). The van der Waals surface area contributed by atoms with E-state index in [1.54, 1.807) is 0 Å². The number of hydrogen-bond acceptors (Lipinski definition) is 1. The van der Waals surface area contributed by atoms with Crippen molar-refractivity contribution >= 4 is 10.5 Å². The Morgan fingerprint density at radius 1 is 0.826 bits per heavy atom. The van der Waals surface area contributed by atoms with Crippen molar-refractivity contribution in [1.29, 1.82) is 0 Å². The standard InChI is InChI=1S/C21H44OSi/c1-5-7-9-10-11-12-13-14-15-16-17-19-21(22-23,20(3)4)18-8-6-2/h16-17,20H,5-15,18-19H2,1-4,23H3. The molecule has 0 N–H and O–H groups in total. The summed E-state index contributed by atoms with van der Waals surface area (Å²) in [5.74, 6) is 0.610. The van der Waals surface area contributed by atoms with Gasteiger partial charge in [-0.25, -0.2) is 0 Å². The summed E-state index contributed by atoms with van der Waals surface area (Å²) < 4.78 is 6.08. The molecule has 0 amide bonds. The molecular weight excluding hydrogens is 296 g/mol. The Labute approximate surface area is 150 Å². The first-order valence-corrected chi connectivity index (χ1v) is 11.1. The average Bonchev–Trinajstić information content (AvgIpc) is 2.55. The van der Waals surface area contributed by atoms with Crippen LogP contribution in [0.15, 0.2) is 12.2 Å². The molecule has 0 bridgehead atoms. The second-order valence-electron chi connectivity index (χ2n) is 7.47. The van der Waals surface area contributed by atoms with Gasteiger partial charge in [0.2, 0.25) is 0 Å². The van der Waals surface area contributed by atoms with Gasteiger partial charge in [0.05, 0.1) is 5.60 Å². The predicted octanol–water partition coefficient (Wildman–Crippen LogP) is 6.35. The van der Waals surface area contributed by atoms with Gasteiger partial charge in [0.25, 0.3) is 0 Å². The average molecular weight is 341 g/mol. The Morgan fingerprint density at radius 2 is 1.39 bits per heavy atom. The molecule has 1 unspecified atom stereocenters. The van der Waals surface area contributed by atoms with Gasteiger partial charge in [-0.2, -0.15) is 0 Å². The van der Waals surface area contributed by atoms with Crippen LogP contribution in [0.5, 0.6) is 0 Å². The van der Waals surface area contributed by atoms with E-state index in [0.717, 1.165) is 16.9 Å². The molecule has 0 aliphatic heterocycles. The smallest absolute Gasteiger partial charge is 0.146 e. The predicted molar refractivity (Wildman–Crippen MR) is 109 cm³/mol. The molecule has 0 heterocycles. The molecule has 138 valence electrons. The van der Waals surface area contributed by atoms with E-state index >= 15 is 0 Å². The Morgan fingerprint density at radius 3 is 1.91 bits per heavy atom. The van der Waals surface area contributed by atoms with Crippen LogP contribution in [0.1, 0.15) is 111 Å². The Bertz CT molecular complexity index is 275. The van der Waals surface area contributed by atoms with Crippen molar-refractivity contribution in [3.05, 3.63) is 12.2 Å². The van der Waals surface area contributed by atoms with Crippen LogP contribution in [0.3, 0.4) is 0 Å². The summed E-state index contributed by atoms with van der Waals surface area (Å²) in [4.78, 5) is 0. The quantitative estimate of drug-likeness (QED) is 0.181. The van der Waals surface area contributed by atoms with E-state index in [2.05, 4.69) is 39.8 Å². The van der Waals surface area contributed by atoms with Crippen molar-refractivity contribution in [2.45, 2.75) is 117 Å². The lowest BCUT2D eigenvalue weighted by atomic mass is 9.82. The van der Waals surface area contributed by atoms with E-state index in [0.29, 0.717) is 5.92 Å². The van der Waals surface area contributed by atoms with Gasteiger partial charge in [-0.05, 0) is 31.6 Å². The van der Waals surface area contributed by atoms with Crippen LogP contribution in [-0.4, -0.2) is 16.1 Å². The van der Waals surface area contributed by atoms with Gasteiger partial charge in [-0.1, -0.05) is 97.6 Å². The Kier molecular flexibility index (Phi) is 15.4. The highest BCUT2D eigenvalue weighted by Gasteiger charge is 2.30. The third kappa shape index (κ3) is 11.2. The number of rotatable bonds is 16. The van der Waals surface area contributed by atoms with E-state index < -0.39 is 0 Å². The maximum Gasteiger partial charge on any atom is 0.146 e. The molecule has 0 aliphatic carbocycles. The minimum absolute atomic E-state index is 0.109. The molecule has 0 saturated carbocycles. The monoisotopic (exact) mass is 340 g/mol. The van der Waals surface area contributed by atoms with Crippen molar-refractivity contribution in [2.24, 2.45) is 5.92 Å². The molecule has 0 spiro atoms. The number of unbranched alkanes of at least 4 members (excludes halogenated alkanes) is 9. The zero-order valence-electron chi connectivity index (χ0n) is 16.8. The van der Waals surface area contributed by atoms with Crippen molar-refractivity contribution in [1.82, 2.24) is 0 Å². The summed E-state index contributed by atoms with van der Waals surface area (Å²) >= 11 is 0. The van der Waals surface area contributed by atoms with E-state index in [4.69, 9.17) is 4.43 Å². The fourth-order valence-corrected chi connectivity index (χ4v) is 4.16. The minimum Gasteiger partial charge on any atom is -0.422 e.